The molecule has 0 bridgehead atoms. The highest BCUT2D eigenvalue weighted by Gasteiger charge is 2.21. The van der Waals surface area contributed by atoms with E-state index in [-0.39, 0.29) is 17.0 Å². The van der Waals surface area contributed by atoms with Crippen molar-refractivity contribution in [3.8, 4) is 16.9 Å². The summed E-state index contributed by atoms with van der Waals surface area (Å²) in [6, 6.07) is 9.15. The highest BCUT2D eigenvalue weighted by atomic mass is 19.3. The van der Waals surface area contributed by atoms with Crippen LogP contribution < -0.4 is 10.1 Å². The number of halogens is 4. The van der Waals surface area contributed by atoms with E-state index in [0.717, 1.165) is 29.1 Å². The van der Waals surface area contributed by atoms with Gasteiger partial charge in [0, 0.05) is 18.7 Å². The van der Waals surface area contributed by atoms with E-state index in [1.54, 1.807) is 18.2 Å². The number of aryl methyl sites for hydroxylation is 1. The zero-order valence-electron chi connectivity index (χ0n) is 13.9. The van der Waals surface area contributed by atoms with Crippen molar-refractivity contribution in [3.63, 3.8) is 0 Å². The molecule has 0 aliphatic heterocycles. The van der Waals surface area contributed by atoms with Crippen LogP contribution >= 0.6 is 0 Å². The fourth-order valence-corrected chi connectivity index (χ4v) is 2.50. The molecule has 3 rings (SSSR count). The summed E-state index contributed by atoms with van der Waals surface area (Å²) < 4.78 is 58.8. The minimum absolute atomic E-state index is 0.190. The summed E-state index contributed by atoms with van der Waals surface area (Å²) in [4.78, 5) is 12.1. The lowest BCUT2D eigenvalue weighted by molar-refractivity contribution is 0.141. The molecule has 1 amide bonds. The van der Waals surface area contributed by atoms with Gasteiger partial charge in [-0.1, -0.05) is 18.2 Å². The first-order chi connectivity index (χ1) is 12.8. The van der Waals surface area contributed by atoms with Crippen molar-refractivity contribution in [1.29, 1.82) is 0 Å². The van der Waals surface area contributed by atoms with Gasteiger partial charge in [0.25, 0.3) is 6.43 Å². The van der Waals surface area contributed by atoms with Crippen molar-refractivity contribution in [2.45, 2.75) is 6.43 Å². The SMILES string of the molecule is Cn1cc(OC(=O)Nc2ccccc2-c2cc(F)cc(F)c2)c(C(F)F)n1. The summed E-state index contributed by atoms with van der Waals surface area (Å²) >= 11 is 0. The van der Waals surface area contributed by atoms with Crippen LogP contribution in [0.1, 0.15) is 12.1 Å². The number of hydrogen-bond acceptors (Lipinski definition) is 3. The van der Waals surface area contributed by atoms with Crippen molar-refractivity contribution >= 4 is 11.8 Å². The summed E-state index contributed by atoms with van der Waals surface area (Å²) in [5, 5.41) is 5.92. The first-order valence-corrected chi connectivity index (χ1v) is 7.69. The van der Waals surface area contributed by atoms with Crippen LogP contribution in [0.3, 0.4) is 0 Å². The average molecular weight is 379 g/mol. The van der Waals surface area contributed by atoms with Crippen molar-refractivity contribution < 1.29 is 27.1 Å². The first-order valence-electron chi connectivity index (χ1n) is 7.69. The average Bonchev–Trinajstić information content (AvgIpc) is 2.95. The number of alkyl halides is 2. The van der Waals surface area contributed by atoms with E-state index in [1.807, 2.05) is 0 Å². The number of hydrogen-bond donors (Lipinski definition) is 1. The van der Waals surface area contributed by atoms with Crippen LogP contribution in [0.2, 0.25) is 0 Å². The smallest absolute Gasteiger partial charge is 0.406 e. The van der Waals surface area contributed by atoms with Gasteiger partial charge in [0.15, 0.2) is 11.4 Å². The summed E-state index contributed by atoms with van der Waals surface area (Å²) in [5.74, 6) is -1.95. The Morgan fingerprint density at radius 2 is 1.81 bits per heavy atom. The molecular formula is C18H13F4N3O2. The lowest BCUT2D eigenvalue weighted by Gasteiger charge is -2.11. The number of ether oxygens (including phenoxy) is 1. The monoisotopic (exact) mass is 379 g/mol. The second-order valence-electron chi connectivity index (χ2n) is 5.57. The lowest BCUT2D eigenvalue weighted by Crippen LogP contribution is -2.17. The highest BCUT2D eigenvalue weighted by molar-refractivity contribution is 5.92. The van der Waals surface area contributed by atoms with Gasteiger partial charge in [0.1, 0.15) is 11.6 Å². The molecule has 9 heteroatoms. The van der Waals surface area contributed by atoms with Crippen LogP contribution in [0.25, 0.3) is 11.1 Å². The van der Waals surface area contributed by atoms with E-state index in [4.69, 9.17) is 4.74 Å². The number of aromatic nitrogens is 2. The summed E-state index contributed by atoms with van der Waals surface area (Å²) in [5.41, 5.74) is 0.0364. The van der Waals surface area contributed by atoms with Crippen LogP contribution in [0, 0.1) is 11.6 Å². The van der Waals surface area contributed by atoms with E-state index in [9.17, 15) is 22.4 Å². The van der Waals surface area contributed by atoms with E-state index in [0.29, 0.717) is 5.56 Å². The predicted molar refractivity (Wildman–Crippen MR) is 89.6 cm³/mol. The van der Waals surface area contributed by atoms with Crippen LogP contribution in [-0.2, 0) is 7.05 Å². The molecule has 0 radical (unpaired) electrons. The number of rotatable bonds is 4. The zero-order chi connectivity index (χ0) is 19.6. The summed E-state index contributed by atoms with van der Waals surface area (Å²) in [6.45, 7) is 0. The Morgan fingerprint density at radius 3 is 2.48 bits per heavy atom. The van der Waals surface area contributed by atoms with E-state index >= 15 is 0 Å². The molecule has 2 aromatic carbocycles. The molecule has 0 fully saturated rings. The molecule has 0 unspecified atom stereocenters. The van der Waals surface area contributed by atoms with Crippen LogP contribution in [-0.4, -0.2) is 15.9 Å². The molecule has 0 saturated carbocycles. The third-order valence-corrected chi connectivity index (χ3v) is 3.57. The number of benzene rings is 2. The molecule has 5 nitrogen and oxygen atoms in total. The molecule has 1 aromatic heterocycles. The molecule has 0 atom stereocenters. The van der Waals surface area contributed by atoms with Crippen LogP contribution in [0.15, 0.2) is 48.7 Å². The number of amides is 1. The zero-order valence-corrected chi connectivity index (χ0v) is 13.9. The van der Waals surface area contributed by atoms with Gasteiger partial charge in [-0.15, -0.1) is 0 Å². The Morgan fingerprint density at radius 1 is 1.15 bits per heavy atom. The number of nitrogens with zero attached hydrogens (tertiary/aromatic N) is 2. The van der Waals surface area contributed by atoms with Crippen LogP contribution in [0.5, 0.6) is 5.75 Å². The molecule has 1 heterocycles. The number of carbonyl (C=O) groups is 1. The first kappa shape index (κ1) is 18.4. The highest BCUT2D eigenvalue weighted by Crippen LogP contribution is 2.30. The number of para-hydroxylation sites is 1. The molecule has 0 spiro atoms. The molecule has 27 heavy (non-hydrogen) atoms. The summed E-state index contributed by atoms with van der Waals surface area (Å²) in [7, 11) is 1.41. The Labute approximate surface area is 151 Å². The largest absolute Gasteiger partial charge is 0.417 e. The van der Waals surface area contributed by atoms with Crippen molar-refractivity contribution in [1.82, 2.24) is 9.78 Å². The third kappa shape index (κ3) is 4.25. The van der Waals surface area contributed by atoms with Crippen LogP contribution in [0.4, 0.5) is 28.0 Å². The molecule has 0 aliphatic rings. The van der Waals surface area contributed by atoms with E-state index < -0.39 is 29.8 Å². The second-order valence-corrected chi connectivity index (χ2v) is 5.57. The van der Waals surface area contributed by atoms with Gasteiger partial charge in [0.05, 0.1) is 11.9 Å². The maximum atomic E-state index is 13.5. The maximum Gasteiger partial charge on any atom is 0.417 e. The van der Waals surface area contributed by atoms with Gasteiger partial charge in [0.2, 0.25) is 0 Å². The van der Waals surface area contributed by atoms with E-state index in [2.05, 4.69) is 10.4 Å². The molecular weight excluding hydrogens is 366 g/mol. The molecule has 0 saturated heterocycles. The van der Waals surface area contributed by atoms with Gasteiger partial charge in [-0.2, -0.15) is 5.10 Å². The number of nitrogens with one attached hydrogen (secondary N) is 1. The Bertz CT molecular complexity index is 968. The standard InChI is InChI=1S/C18H13F4N3O2/c1-25-9-15(16(24-25)17(21)22)27-18(26)23-14-5-3-2-4-13(14)10-6-11(19)8-12(20)7-10/h2-9,17H,1H3,(H,23,26). The lowest BCUT2D eigenvalue weighted by atomic mass is 10.0. The Hall–Kier alpha value is -3.36. The minimum Gasteiger partial charge on any atom is -0.406 e. The molecule has 0 aliphatic carbocycles. The van der Waals surface area contributed by atoms with Crippen molar-refractivity contribution in [2.24, 2.45) is 7.05 Å². The van der Waals surface area contributed by atoms with Gasteiger partial charge < -0.3 is 4.74 Å². The Kier molecular flexibility index (Phi) is 5.11. The summed E-state index contributed by atoms with van der Waals surface area (Å²) in [6.07, 6.45) is -2.83. The van der Waals surface area contributed by atoms with E-state index in [1.165, 1.54) is 13.1 Å². The molecule has 3 aromatic rings. The normalized spacial score (nSPS) is 10.9. The second kappa shape index (κ2) is 7.48. The molecule has 140 valence electrons. The third-order valence-electron chi connectivity index (χ3n) is 3.57. The van der Waals surface area contributed by atoms with Gasteiger partial charge >= 0.3 is 6.09 Å². The predicted octanol–water partition coefficient (Wildman–Crippen LogP) is 4.91. The molecule has 1 N–H and O–H groups in total. The number of carbonyl (C=O) groups excluding carboxylic acids is 1. The van der Waals surface area contributed by atoms with Gasteiger partial charge in [-0.25, -0.2) is 22.4 Å². The fourth-order valence-electron chi connectivity index (χ4n) is 2.50. The minimum atomic E-state index is -2.92. The van der Waals surface area contributed by atoms with Crippen molar-refractivity contribution in [2.75, 3.05) is 5.32 Å². The number of anilines is 1. The van der Waals surface area contributed by atoms with Gasteiger partial charge in [-0.05, 0) is 23.8 Å². The quantitative estimate of drug-likeness (QED) is 0.655. The van der Waals surface area contributed by atoms with Gasteiger partial charge in [-0.3, -0.25) is 10.00 Å². The fraction of sp³-hybridized carbons (Fsp3) is 0.111. The Balaban J connectivity index is 1.85. The van der Waals surface area contributed by atoms with Crippen molar-refractivity contribution in [3.05, 3.63) is 66.0 Å². The maximum absolute atomic E-state index is 13.5. The topological polar surface area (TPSA) is 56.1 Å².